The van der Waals surface area contributed by atoms with E-state index in [9.17, 15) is 0 Å². The fraction of sp³-hybridized carbons (Fsp3) is 0.667. The van der Waals surface area contributed by atoms with Crippen molar-refractivity contribution in [3.05, 3.63) is 24.3 Å². The van der Waals surface area contributed by atoms with Crippen LogP contribution in [0, 0.1) is 0 Å². The quantitative estimate of drug-likeness (QED) is 0.618. The van der Waals surface area contributed by atoms with Crippen molar-refractivity contribution in [2.24, 2.45) is 0 Å². The molecule has 1 nitrogen and oxygen atoms in total. The van der Waals surface area contributed by atoms with Crippen LogP contribution in [0.25, 0.3) is 0 Å². The van der Waals surface area contributed by atoms with E-state index in [1.165, 1.54) is 50.3 Å². The van der Waals surface area contributed by atoms with Crippen molar-refractivity contribution >= 4 is 13.2 Å². The molecule has 0 aliphatic heterocycles. The molecule has 2 atom stereocenters. The molecule has 1 aromatic rings. The van der Waals surface area contributed by atoms with Gasteiger partial charge in [0.05, 0.1) is 7.11 Å². The van der Waals surface area contributed by atoms with Gasteiger partial charge in [0.15, 0.2) is 0 Å². The van der Waals surface area contributed by atoms with E-state index in [2.05, 4.69) is 38.1 Å². The molecule has 1 aliphatic carbocycles. The van der Waals surface area contributed by atoms with Crippen LogP contribution in [0.15, 0.2) is 24.3 Å². The fourth-order valence-electron chi connectivity index (χ4n) is 3.46. The molecule has 0 amide bonds. The van der Waals surface area contributed by atoms with E-state index in [1.54, 1.807) is 0 Å². The van der Waals surface area contributed by atoms with E-state index in [0.29, 0.717) is 0 Å². The van der Waals surface area contributed by atoms with E-state index in [1.807, 2.05) is 7.11 Å². The minimum absolute atomic E-state index is 0.0813. The lowest BCUT2D eigenvalue weighted by atomic mass is 10.2. The van der Waals surface area contributed by atoms with Crippen LogP contribution in [0.5, 0.6) is 5.75 Å². The Hall–Kier alpha value is -0.550. The highest BCUT2D eigenvalue weighted by Gasteiger charge is 2.31. The molecule has 0 N–H and O–H groups in total. The first-order valence-corrected chi connectivity index (χ1v) is 9.67. The molecule has 0 spiro atoms. The second-order valence-corrected chi connectivity index (χ2v) is 8.92. The molecule has 20 heavy (non-hydrogen) atoms. The van der Waals surface area contributed by atoms with Crippen molar-refractivity contribution in [2.75, 3.05) is 7.11 Å². The highest BCUT2D eigenvalue weighted by molar-refractivity contribution is 7.67. The van der Waals surface area contributed by atoms with Crippen LogP contribution in [-0.2, 0) is 0 Å². The van der Waals surface area contributed by atoms with Crippen molar-refractivity contribution in [3.63, 3.8) is 0 Å². The Bertz CT molecular complexity index is 398. The summed E-state index contributed by atoms with van der Waals surface area (Å²) in [5.41, 5.74) is 1.75. The largest absolute Gasteiger partial charge is 0.496 e. The van der Waals surface area contributed by atoms with Crippen molar-refractivity contribution in [1.82, 2.24) is 0 Å². The Balaban J connectivity index is 2.24. The molecular formula is C18H29OP. The molecule has 0 aromatic heterocycles. The summed E-state index contributed by atoms with van der Waals surface area (Å²) in [6.07, 6.45) is 9.77. The van der Waals surface area contributed by atoms with Crippen LogP contribution in [0.4, 0.5) is 0 Å². The molecule has 1 aromatic carbocycles. The van der Waals surface area contributed by atoms with Gasteiger partial charge in [-0.1, -0.05) is 65.7 Å². The van der Waals surface area contributed by atoms with Crippen molar-refractivity contribution in [1.29, 1.82) is 0 Å². The lowest BCUT2D eigenvalue weighted by Gasteiger charge is -2.31. The normalized spacial score (nSPS) is 18.9. The standard InChI is InChI=1S/C18H29OP/c1-4-5-10-15(2)20(16-11-6-7-12-16)18-14-9-8-13-17(18)19-3/h8-9,13-16H,4-7,10-12H2,1-3H3. The number of benzene rings is 1. The third-order valence-corrected chi connectivity index (χ3v) is 7.97. The van der Waals surface area contributed by atoms with Crippen molar-refractivity contribution < 1.29 is 4.74 Å². The molecular weight excluding hydrogens is 263 g/mol. The van der Waals surface area contributed by atoms with Gasteiger partial charge in [0.2, 0.25) is 0 Å². The molecule has 1 saturated carbocycles. The van der Waals surface area contributed by atoms with E-state index in [0.717, 1.165) is 17.1 Å². The first-order chi connectivity index (χ1) is 9.77. The first kappa shape index (κ1) is 15.8. The average molecular weight is 292 g/mol. The van der Waals surface area contributed by atoms with Gasteiger partial charge >= 0.3 is 0 Å². The van der Waals surface area contributed by atoms with E-state index in [4.69, 9.17) is 4.74 Å². The monoisotopic (exact) mass is 292 g/mol. The van der Waals surface area contributed by atoms with Gasteiger partial charge in [-0.15, -0.1) is 0 Å². The maximum absolute atomic E-state index is 5.66. The number of methoxy groups -OCH3 is 1. The topological polar surface area (TPSA) is 9.23 Å². The average Bonchev–Trinajstić information content (AvgIpc) is 3.00. The maximum atomic E-state index is 5.66. The number of para-hydroxylation sites is 1. The van der Waals surface area contributed by atoms with Gasteiger partial charge < -0.3 is 4.74 Å². The zero-order valence-corrected chi connectivity index (χ0v) is 14.2. The summed E-state index contributed by atoms with van der Waals surface area (Å²) in [4.78, 5) is 0. The second-order valence-electron chi connectivity index (χ2n) is 6.01. The third-order valence-electron chi connectivity index (χ3n) is 4.53. The van der Waals surface area contributed by atoms with Crippen LogP contribution >= 0.6 is 7.92 Å². The molecule has 0 heterocycles. The molecule has 0 bridgehead atoms. The van der Waals surface area contributed by atoms with Crippen LogP contribution in [0.2, 0.25) is 0 Å². The number of unbranched alkanes of at least 4 members (excludes halogenated alkanes) is 1. The number of hydrogen-bond donors (Lipinski definition) is 0. The number of hydrogen-bond acceptors (Lipinski definition) is 1. The molecule has 1 fully saturated rings. The van der Waals surface area contributed by atoms with Gasteiger partial charge in [-0.05, 0) is 36.6 Å². The second kappa shape index (κ2) is 8.03. The zero-order valence-electron chi connectivity index (χ0n) is 13.3. The van der Waals surface area contributed by atoms with Gasteiger partial charge in [0.1, 0.15) is 5.75 Å². The van der Waals surface area contributed by atoms with E-state index < -0.39 is 0 Å². The lowest BCUT2D eigenvalue weighted by molar-refractivity contribution is 0.418. The molecule has 2 heteroatoms. The summed E-state index contributed by atoms with van der Waals surface area (Å²) >= 11 is 0. The summed E-state index contributed by atoms with van der Waals surface area (Å²) in [5.74, 6) is 1.12. The fourth-order valence-corrected chi connectivity index (χ4v) is 7.11. The Morgan fingerprint density at radius 2 is 1.95 bits per heavy atom. The third kappa shape index (κ3) is 3.76. The summed E-state index contributed by atoms with van der Waals surface area (Å²) in [5, 5.41) is 1.51. The molecule has 0 saturated heterocycles. The molecule has 2 unspecified atom stereocenters. The van der Waals surface area contributed by atoms with E-state index in [-0.39, 0.29) is 7.92 Å². The molecule has 1 aliphatic rings. The van der Waals surface area contributed by atoms with Gasteiger partial charge in [-0.3, -0.25) is 0 Å². The minimum Gasteiger partial charge on any atom is -0.496 e. The van der Waals surface area contributed by atoms with Crippen molar-refractivity contribution in [3.8, 4) is 5.75 Å². The molecule has 0 radical (unpaired) electrons. The Morgan fingerprint density at radius 3 is 2.60 bits per heavy atom. The number of rotatable bonds is 7. The maximum Gasteiger partial charge on any atom is 0.126 e. The minimum atomic E-state index is -0.0813. The summed E-state index contributed by atoms with van der Waals surface area (Å²) in [7, 11) is 1.74. The SMILES string of the molecule is CCCCC(C)P(c1ccccc1OC)C1CCCC1. The van der Waals surface area contributed by atoms with Crippen LogP contribution < -0.4 is 10.0 Å². The highest BCUT2D eigenvalue weighted by Crippen LogP contribution is 2.54. The predicted octanol–water partition coefficient (Wildman–Crippen LogP) is 5.32. The van der Waals surface area contributed by atoms with E-state index >= 15 is 0 Å². The zero-order chi connectivity index (χ0) is 14.4. The predicted molar refractivity (Wildman–Crippen MR) is 90.8 cm³/mol. The summed E-state index contributed by atoms with van der Waals surface area (Å²) in [6, 6.07) is 8.76. The Kier molecular flexibility index (Phi) is 6.36. The summed E-state index contributed by atoms with van der Waals surface area (Å²) in [6.45, 7) is 4.78. The smallest absolute Gasteiger partial charge is 0.126 e. The molecule has 112 valence electrons. The lowest BCUT2D eigenvalue weighted by Crippen LogP contribution is -2.20. The van der Waals surface area contributed by atoms with Gasteiger partial charge in [-0.25, -0.2) is 0 Å². The van der Waals surface area contributed by atoms with Crippen LogP contribution in [-0.4, -0.2) is 18.4 Å². The van der Waals surface area contributed by atoms with Gasteiger partial charge in [0, 0.05) is 5.30 Å². The summed E-state index contributed by atoms with van der Waals surface area (Å²) < 4.78 is 5.66. The first-order valence-electron chi connectivity index (χ1n) is 8.19. The highest BCUT2D eigenvalue weighted by atomic mass is 31.1. The van der Waals surface area contributed by atoms with Gasteiger partial charge in [0.25, 0.3) is 0 Å². The number of ether oxygens (including phenoxy) is 1. The Morgan fingerprint density at radius 1 is 1.25 bits per heavy atom. The molecule has 2 rings (SSSR count). The van der Waals surface area contributed by atoms with Gasteiger partial charge in [-0.2, -0.15) is 0 Å². The van der Waals surface area contributed by atoms with Crippen LogP contribution in [0.1, 0.15) is 58.8 Å². The van der Waals surface area contributed by atoms with Crippen molar-refractivity contribution in [2.45, 2.75) is 70.1 Å². The van der Waals surface area contributed by atoms with Crippen LogP contribution in [0.3, 0.4) is 0 Å². The Labute approximate surface area is 125 Å².